The number of aromatic nitrogens is 3. The van der Waals surface area contributed by atoms with Crippen LogP contribution in [-0.2, 0) is 0 Å². The number of nitrogens with zero attached hydrogens (tertiary/aromatic N) is 3. The normalized spacial score (nSPS) is 11.0. The SMILES string of the molecule is OCCCCCCNc1nc2c(Br)cccn2n1. The van der Waals surface area contributed by atoms with Crippen LogP contribution in [0.5, 0.6) is 0 Å². The van der Waals surface area contributed by atoms with E-state index in [0.717, 1.165) is 42.3 Å². The Morgan fingerprint density at radius 1 is 1.28 bits per heavy atom. The van der Waals surface area contributed by atoms with Gasteiger partial charge in [-0.15, -0.1) is 5.10 Å². The van der Waals surface area contributed by atoms with Crippen LogP contribution in [0, 0.1) is 0 Å². The van der Waals surface area contributed by atoms with E-state index in [2.05, 4.69) is 31.3 Å². The molecule has 2 heterocycles. The minimum Gasteiger partial charge on any atom is -0.396 e. The third-order valence-corrected chi connectivity index (χ3v) is 3.30. The van der Waals surface area contributed by atoms with Crippen molar-refractivity contribution in [1.29, 1.82) is 0 Å². The number of hydrogen-bond donors (Lipinski definition) is 2. The van der Waals surface area contributed by atoms with Crippen molar-refractivity contribution in [3.8, 4) is 0 Å². The number of unbranched alkanes of at least 4 members (excludes halogenated alkanes) is 3. The molecule has 0 atom stereocenters. The van der Waals surface area contributed by atoms with Gasteiger partial charge in [0.15, 0.2) is 5.65 Å². The van der Waals surface area contributed by atoms with E-state index in [0.29, 0.717) is 5.95 Å². The predicted molar refractivity (Wildman–Crippen MR) is 74.7 cm³/mol. The van der Waals surface area contributed by atoms with Crippen LogP contribution in [0.3, 0.4) is 0 Å². The van der Waals surface area contributed by atoms with Crippen molar-refractivity contribution >= 4 is 27.5 Å². The van der Waals surface area contributed by atoms with Crippen molar-refractivity contribution in [3.05, 3.63) is 22.8 Å². The lowest BCUT2D eigenvalue weighted by atomic mass is 10.2. The molecular formula is C12H17BrN4O. The van der Waals surface area contributed by atoms with Gasteiger partial charge in [-0.3, -0.25) is 0 Å². The van der Waals surface area contributed by atoms with Gasteiger partial charge in [0, 0.05) is 19.3 Å². The van der Waals surface area contributed by atoms with E-state index in [4.69, 9.17) is 5.11 Å². The summed E-state index contributed by atoms with van der Waals surface area (Å²) in [6.45, 7) is 1.15. The summed E-state index contributed by atoms with van der Waals surface area (Å²) in [6.07, 6.45) is 6.02. The van der Waals surface area contributed by atoms with E-state index in [9.17, 15) is 0 Å². The average molecular weight is 313 g/mol. The van der Waals surface area contributed by atoms with Crippen molar-refractivity contribution < 1.29 is 5.11 Å². The summed E-state index contributed by atoms with van der Waals surface area (Å²) in [4.78, 5) is 4.40. The minimum atomic E-state index is 0.287. The third kappa shape index (κ3) is 3.43. The molecule has 2 N–H and O–H groups in total. The fourth-order valence-corrected chi connectivity index (χ4v) is 2.16. The standard InChI is InChI=1S/C12H17BrN4O/c13-10-6-5-8-17-11(10)15-12(16-17)14-7-3-1-2-4-9-18/h5-6,8,18H,1-4,7,9H2,(H,14,16). The van der Waals surface area contributed by atoms with Gasteiger partial charge in [-0.25, -0.2) is 4.52 Å². The van der Waals surface area contributed by atoms with E-state index in [1.54, 1.807) is 4.52 Å². The number of halogens is 1. The first kappa shape index (κ1) is 13.3. The summed E-state index contributed by atoms with van der Waals surface area (Å²) in [7, 11) is 0. The van der Waals surface area contributed by atoms with Crippen molar-refractivity contribution in [3.63, 3.8) is 0 Å². The molecular weight excluding hydrogens is 296 g/mol. The summed E-state index contributed by atoms with van der Waals surface area (Å²) >= 11 is 3.45. The maximum atomic E-state index is 8.66. The van der Waals surface area contributed by atoms with Gasteiger partial charge in [-0.2, -0.15) is 4.98 Å². The Balaban J connectivity index is 1.83. The van der Waals surface area contributed by atoms with Crippen molar-refractivity contribution in [2.45, 2.75) is 25.7 Å². The Kier molecular flexibility index (Phi) is 4.95. The first-order chi connectivity index (χ1) is 8.81. The number of rotatable bonds is 7. The molecule has 0 amide bonds. The van der Waals surface area contributed by atoms with Crippen LogP contribution in [0.4, 0.5) is 5.95 Å². The second-order valence-corrected chi connectivity index (χ2v) is 4.98. The van der Waals surface area contributed by atoms with E-state index >= 15 is 0 Å². The van der Waals surface area contributed by atoms with Crippen LogP contribution in [0.15, 0.2) is 22.8 Å². The molecule has 0 radical (unpaired) electrons. The summed E-state index contributed by atoms with van der Waals surface area (Å²) in [6, 6.07) is 3.87. The maximum absolute atomic E-state index is 8.66. The monoisotopic (exact) mass is 312 g/mol. The lowest BCUT2D eigenvalue weighted by Crippen LogP contribution is -2.03. The Labute approximate surface area is 114 Å². The number of aliphatic hydroxyl groups is 1. The predicted octanol–water partition coefficient (Wildman–Crippen LogP) is 2.46. The van der Waals surface area contributed by atoms with E-state index < -0.39 is 0 Å². The molecule has 0 saturated heterocycles. The van der Waals surface area contributed by atoms with Gasteiger partial charge in [-0.1, -0.05) is 12.8 Å². The molecule has 6 heteroatoms. The Hall–Kier alpha value is -1.14. The third-order valence-electron chi connectivity index (χ3n) is 2.68. The summed E-state index contributed by atoms with van der Waals surface area (Å²) < 4.78 is 2.69. The van der Waals surface area contributed by atoms with E-state index in [1.165, 1.54) is 0 Å². The first-order valence-corrected chi connectivity index (χ1v) is 6.96. The largest absolute Gasteiger partial charge is 0.396 e. The summed E-state index contributed by atoms with van der Waals surface area (Å²) in [5, 5.41) is 16.2. The van der Waals surface area contributed by atoms with Crippen LogP contribution in [-0.4, -0.2) is 32.9 Å². The molecule has 0 spiro atoms. The van der Waals surface area contributed by atoms with Crippen LogP contribution in [0.2, 0.25) is 0 Å². The summed E-state index contributed by atoms with van der Waals surface area (Å²) in [5.41, 5.74) is 0.820. The molecule has 0 aliphatic heterocycles. The van der Waals surface area contributed by atoms with Gasteiger partial charge < -0.3 is 10.4 Å². The second-order valence-electron chi connectivity index (χ2n) is 4.12. The zero-order valence-electron chi connectivity index (χ0n) is 10.1. The Morgan fingerprint density at radius 2 is 2.11 bits per heavy atom. The second kappa shape index (κ2) is 6.70. The highest BCUT2D eigenvalue weighted by atomic mass is 79.9. The minimum absolute atomic E-state index is 0.287. The van der Waals surface area contributed by atoms with Crippen molar-refractivity contribution in [2.75, 3.05) is 18.5 Å². The Bertz CT molecular complexity index is 500. The topological polar surface area (TPSA) is 62.5 Å². The lowest BCUT2D eigenvalue weighted by Gasteiger charge is -2.00. The fraction of sp³-hybridized carbons (Fsp3) is 0.500. The number of pyridine rings is 1. The van der Waals surface area contributed by atoms with E-state index in [-0.39, 0.29) is 6.61 Å². The van der Waals surface area contributed by atoms with Crippen molar-refractivity contribution in [1.82, 2.24) is 14.6 Å². The molecule has 0 fully saturated rings. The zero-order chi connectivity index (χ0) is 12.8. The smallest absolute Gasteiger partial charge is 0.243 e. The van der Waals surface area contributed by atoms with Crippen LogP contribution >= 0.6 is 15.9 Å². The molecule has 2 aromatic heterocycles. The lowest BCUT2D eigenvalue weighted by molar-refractivity contribution is 0.283. The van der Waals surface area contributed by atoms with Gasteiger partial charge in [0.25, 0.3) is 0 Å². The molecule has 0 saturated carbocycles. The maximum Gasteiger partial charge on any atom is 0.243 e. The van der Waals surface area contributed by atoms with Gasteiger partial charge in [-0.05, 0) is 40.9 Å². The molecule has 2 aromatic rings. The highest BCUT2D eigenvalue weighted by Gasteiger charge is 2.04. The van der Waals surface area contributed by atoms with Crippen LogP contribution in [0.25, 0.3) is 5.65 Å². The quantitative estimate of drug-likeness (QED) is 0.771. The molecule has 0 aromatic carbocycles. The average Bonchev–Trinajstić information content (AvgIpc) is 2.78. The zero-order valence-corrected chi connectivity index (χ0v) is 11.7. The Morgan fingerprint density at radius 3 is 2.89 bits per heavy atom. The molecule has 5 nitrogen and oxygen atoms in total. The number of aliphatic hydroxyl groups excluding tert-OH is 1. The number of fused-ring (bicyclic) bond motifs is 1. The first-order valence-electron chi connectivity index (χ1n) is 6.17. The van der Waals surface area contributed by atoms with Gasteiger partial charge >= 0.3 is 0 Å². The number of anilines is 1. The highest BCUT2D eigenvalue weighted by molar-refractivity contribution is 9.10. The van der Waals surface area contributed by atoms with Crippen LogP contribution in [0.1, 0.15) is 25.7 Å². The number of nitrogens with one attached hydrogen (secondary N) is 1. The van der Waals surface area contributed by atoms with Gasteiger partial charge in [0.05, 0.1) is 4.47 Å². The molecule has 0 aliphatic rings. The fourth-order valence-electron chi connectivity index (χ4n) is 1.74. The molecule has 18 heavy (non-hydrogen) atoms. The molecule has 2 rings (SSSR count). The highest BCUT2D eigenvalue weighted by Crippen LogP contribution is 2.16. The van der Waals surface area contributed by atoms with Gasteiger partial charge in [0.1, 0.15) is 0 Å². The van der Waals surface area contributed by atoms with Gasteiger partial charge in [0.2, 0.25) is 5.95 Å². The van der Waals surface area contributed by atoms with Crippen LogP contribution < -0.4 is 5.32 Å². The molecule has 0 unspecified atom stereocenters. The molecule has 0 aliphatic carbocycles. The molecule has 0 bridgehead atoms. The molecule has 98 valence electrons. The van der Waals surface area contributed by atoms with Crippen molar-refractivity contribution in [2.24, 2.45) is 0 Å². The summed E-state index contributed by atoms with van der Waals surface area (Å²) in [5.74, 6) is 0.657. The van der Waals surface area contributed by atoms with E-state index in [1.807, 2.05) is 18.3 Å². The number of hydrogen-bond acceptors (Lipinski definition) is 4.